The minimum absolute atomic E-state index is 0.183. The van der Waals surface area contributed by atoms with Crippen LogP contribution in [0.3, 0.4) is 0 Å². The number of nitrogens with two attached hydrogens (primary N) is 1. The quantitative estimate of drug-likeness (QED) is 0.544. The van der Waals surface area contributed by atoms with Crippen LogP contribution in [0.5, 0.6) is 0 Å². The number of carbonyl (C=O) groups is 3. The minimum atomic E-state index is -0.852. The van der Waals surface area contributed by atoms with E-state index < -0.39 is 12.0 Å². The topological polar surface area (TPSA) is 116 Å². The van der Waals surface area contributed by atoms with Crippen LogP contribution in [0.4, 0.5) is 4.79 Å². The van der Waals surface area contributed by atoms with E-state index in [4.69, 9.17) is 10.8 Å². The molecule has 0 aromatic carbocycles. The predicted molar refractivity (Wildman–Crippen MR) is 72.1 cm³/mol. The van der Waals surface area contributed by atoms with Gasteiger partial charge in [-0.3, -0.25) is 14.5 Å². The van der Waals surface area contributed by atoms with Crippen LogP contribution in [0.25, 0.3) is 0 Å². The molecule has 8 heteroatoms. The molecule has 0 aromatic heterocycles. The summed E-state index contributed by atoms with van der Waals surface area (Å²) in [5.41, 5.74) is 5.00. The highest BCUT2D eigenvalue weighted by Crippen LogP contribution is 2.06. The summed E-state index contributed by atoms with van der Waals surface area (Å²) < 4.78 is 0. The van der Waals surface area contributed by atoms with E-state index in [-0.39, 0.29) is 18.4 Å². The molecule has 8 nitrogen and oxygen atoms in total. The van der Waals surface area contributed by atoms with Gasteiger partial charge in [0, 0.05) is 39.1 Å². The fourth-order valence-corrected chi connectivity index (χ4v) is 2.04. The van der Waals surface area contributed by atoms with Crippen molar-refractivity contribution < 1.29 is 19.5 Å². The van der Waals surface area contributed by atoms with Crippen LogP contribution >= 0.6 is 0 Å². The molecule has 0 bridgehead atoms. The normalized spacial score (nSPS) is 17.6. The Kier molecular flexibility index (Phi) is 6.23. The van der Waals surface area contributed by atoms with E-state index in [0.717, 1.165) is 0 Å². The molecule has 0 aromatic rings. The van der Waals surface area contributed by atoms with Gasteiger partial charge in [-0.05, 0) is 13.3 Å². The molecule has 0 aliphatic carbocycles. The van der Waals surface area contributed by atoms with Crippen molar-refractivity contribution in [3.8, 4) is 0 Å². The number of carboxylic acids is 1. The largest absolute Gasteiger partial charge is 0.480 e. The van der Waals surface area contributed by atoms with Gasteiger partial charge < -0.3 is 21.1 Å². The zero-order valence-electron chi connectivity index (χ0n) is 11.7. The zero-order valence-corrected chi connectivity index (χ0v) is 11.7. The summed E-state index contributed by atoms with van der Waals surface area (Å²) in [5, 5.41) is 11.6. The summed E-state index contributed by atoms with van der Waals surface area (Å²) in [5.74, 6) is -1.23. The number of aliphatic carboxylic acids is 1. The molecular weight excluding hydrogens is 264 g/mol. The molecule has 3 amide bonds. The number of amides is 3. The van der Waals surface area contributed by atoms with Crippen LogP contribution in [-0.2, 0) is 9.59 Å². The van der Waals surface area contributed by atoms with Gasteiger partial charge in [-0.15, -0.1) is 0 Å². The Labute approximate surface area is 117 Å². The number of hydrogen-bond donors (Lipinski definition) is 3. The molecule has 1 rings (SSSR count). The van der Waals surface area contributed by atoms with E-state index in [1.54, 1.807) is 11.8 Å². The first-order valence-corrected chi connectivity index (χ1v) is 6.69. The Hall–Kier alpha value is -1.83. The number of carbonyl (C=O) groups excluding carboxylic acids is 2. The van der Waals surface area contributed by atoms with Crippen molar-refractivity contribution in [2.45, 2.75) is 25.8 Å². The number of nitrogens with zero attached hydrogens (tertiary/aromatic N) is 2. The maximum absolute atomic E-state index is 11.8. The summed E-state index contributed by atoms with van der Waals surface area (Å²) in [6.07, 6.45) is 0.779. The molecule has 1 atom stereocenters. The predicted octanol–water partition coefficient (Wildman–Crippen LogP) is -0.948. The second-order valence-electron chi connectivity index (χ2n) is 4.84. The second-order valence-corrected chi connectivity index (χ2v) is 4.84. The third-order valence-corrected chi connectivity index (χ3v) is 3.38. The van der Waals surface area contributed by atoms with Gasteiger partial charge in [0.25, 0.3) is 0 Å². The van der Waals surface area contributed by atoms with Crippen LogP contribution in [-0.4, -0.2) is 71.6 Å². The van der Waals surface area contributed by atoms with Crippen LogP contribution in [0.2, 0.25) is 0 Å². The lowest BCUT2D eigenvalue weighted by molar-refractivity contribution is -0.143. The van der Waals surface area contributed by atoms with Gasteiger partial charge in [0.05, 0.1) is 0 Å². The van der Waals surface area contributed by atoms with E-state index in [0.29, 0.717) is 39.1 Å². The molecule has 0 spiro atoms. The number of nitrogens with one attached hydrogen (secondary N) is 1. The highest BCUT2D eigenvalue weighted by Gasteiger charge is 2.26. The molecular formula is C12H22N4O4. The number of carboxylic acid groups (broad SMARTS) is 1. The smallest absolute Gasteiger partial charge is 0.320 e. The molecule has 1 aliphatic rings. The fraction of sp³-hybridized carbons (Fsp3) is 0.750. The lowest BCUT2D eigenvalue weighted by Gasteiger charge is -2.36. The van der Waals surface area contributed by atoms with Gasteiger partial charge in [0.15, 0.2) is 0 Å². The van der Waals surface area contributed by atoms with Crippen LogP contribution < -0.4 is 11.1 Å². The third-order valence-electron chi connectivity index (χ3n) is 3.38. The Morgan fingerprint density at radius 3 is 2.35 bits per heavy atom. The number of piperazine rings is 1. The average molecular weight is 286 g/mol. The van der Waals surface area contributed by atoms with Crippen molar-refractivity contribution in [1.82, 2.24) is 15.1 Å². The highest BCUT2D eigenvalue weighted by molar-refractivity contribution is 5.75. The van der Waals surface area contributed by atoms with Crippen LogP contribution in [0.15, 0.2) is 0 Å². The van der Waals surface area contributed by atoms with E-state index in [1.807, 2.05) is 4.90 Å². The SMILES string of the molecule is CC(C(=O)O)N1CCN(C(=O)NCCCC(N)=O)CC1. The van der Waals surface area contributed by atoms with Gasteiger partial charge >= 0.3 is 12.0 Å². The van der Waals surface area contributed by atoms with Crippen molar-refractivity contribution in [3.63, 3.8) is 0 Å². The average Bonchev–Trinajstić information content (AvgIpc) is 2.42. The van der Waals surface area contributed by atoms with Crippen molar-refractivity contribution in [2.75, 3.05) is 32.7 Å². The molecule has 1 saturated heterocycles. The minimum Gasteiger partial charge on any atom is -0.480 e. The molecule has 1 fully saturated rings. The maximum atomic E-state index is 11.8. The van der Waals surface area contributed by atoms with E-state index in [9.17, 15) is 14.4 Å². The fourth-order valence-electron chi connectivity index (χ4n) is 2.04. The highest BCUT2D eigenvalue weighted by atomic mass is 16.4. The number of rotatable bonds is 6. The Morgan fingerprint density at radius 1 is 1.25 bits per heavy atom. The van der Waals surface area contributed by atoms with Crippen molar-refractivity contribution in [3.05, 3.63) is 0 Å². The second kappa shape index (κ2) is 7.68. The number of hydrogen-bond acceptors (Lipinski definition) is 4. The summed E-state index contributed by atoms with van der Waals surface area (Å²) >= 11 is 0. The summed E-state index contributed by atoms with van der Waals surface area (Å²) in [4.78, 5) is 36.7. The number of urea groups is 1. The maximum Gasteiger partial charge on any atom is 0.320 e. The van der Waals surface area contributed by atoms with E-state index >= 15 is 0 Å². The van der Waals surface area contributed by atoms with Gasteiger partial charge in [0.2, 0.25) is 5.91 Å². The standard InChI is InChI=1S/C12H22N4O4/c1-9(11(18)19)15-5-7-16(8-6-15)12(20)14-4-2-3-10(13)17/h9H,2-8H2,1H3,(H2,13,17)(H,14,20)(H,18,19). The third kappa shape index (κ3) is 5.04. The van der Waals surface area contributed by atoms with Crippen molar-refractivity contribution >= 4 is 17.9 Å². The Morgan fingerprint density at radius 2 is 1.85 bits per heavy atom. The van der Waals surface area contributed by atoms with Gasteiger partial charge in [-0.25, -0.2) is 4.79 Å². The molecule has 114 valence electrons. The number of primary amides is 1. The van der Waals surface area contributed by atoms with E-state index in [2.05, 4.69) is 5.32 Å². The molecule has 1 unspecified atom stereocenters. The first-order chi connectivity index (χ1) is 9.41. The van der Waals surface area contributed by atoms with Crippen LogP contribution in [0, 0.1) is 0 Å². The zero-order chi connectivity index (χ0) is 15.1. The Balaban J connectivity index is 2.25. The van der Waals surface area contributed by atoms with Gasteiger partial charge in [-0.1, -0.05) is 0 Å². The van der Waals surface area contributed by atoms with Gasteiger partial charge in [-0.2, -0.15) is 0 Å². The monoisotopic (exact) mass is 286 g/mol. The van der Waals surface area contributed by atoms with Crippen LogP contribution in [0.1, 0.15) is 19.8 Å². The summed E-state index contributed by atoms with van der Waals surface area (Å²) in [6, 6.07) is -0.715. The molecule has 0 radical (unpaired) electrons. The molecule has 1 aliphatic heterocycles. The van der Waals surface area contributed by atoms with Crippen molar-refractivity contribution in [2.24, 2.45) is 5.73 Å². The lowest BCUT2D eigenvalue weighted by atomic mass is 10.2. The first kappa shape index (κ1) is 16.2. The van der Waals surface area contributed by atoms with E-state index in [1.165, 1.54) is 0 Å². The lowest BCUT2D eigenvalue weighted by Crippen LogP contribution is -2.55. The van der Waals surface area contributed by atoms with Crippen molar-refractivity contribution in [1.29, 1.82) is 0 Å². The molecule has 4 N–H and O–H groups in total. The summed E-state index contributed by atoms with van der Waals surface area (Å²) in [7, 11) is 0. The summed E-state index contributed by atoms with van der Waals surface area (Å²) in [6.45, 7) is 4.14. The molecule has 20 heavy (non-hydrogen) atoms. The molecule has 0 saturated carbocycles. The van der Waals surface area contributed by atoms with Gasteiger partial charge in [0.1, 0.15) is 6.04 Å². The molecule has 1 heterocycles. The Bertz CT molecular complexity index is 366. The first-order valence-electron chi connectivity index (χ1n) is 6.69.